The fraction of sp³-hybridized carbons (Fsp3) is 0.200. The largest absolute Gasteiger partial charge is 0.497 e. The monoisotopic (exact) mass is 427 g/mol. The number of nitrogens with one attached hydrogen (secondary N) is 2. The van der Waals surface area contributed by atoms with Gasteiger partial charge in [-0.05, 0) is 60.9 Å². The molecule has 0 radical (unpaired) electrons. The molecule has 0 unspecified atom stereocenters. The van der Waals surface area contributed by atoms with Crippen molar-refractivity contribution < 1.29 is 9.47 Å². The van der Waals surface area contributed by atoms with Crippen LogP contribution in [0, 0.1) is 6.92 Å². The number of pyridine rings is 1. The molecule has 2 aromatic carbocycles. The summed E-state index contributed by atoms with van der Waals surface area (Å²) in [7, 11) is 1.67. The van der Waals surface area contributed by atoms with Gasteiger partial charge in [-0.15, -0.1) is 0 Å². The number of nitrogens with zero attached hydrogens (tertiary/aromatic N) is 2. The number of hydrogen-bond donors (Lipinski definition) is 3. The minimum absolute atomic E-state index is 0.159. The number of benzene rings is 2. The van der Waals surface area contributed by atoms with E-state index in [1.807, 2.05) is 55.7 Å². The third-order valence-corrected chi connectivity index (χ3v) is 5.71. The van der Waals surface area contributed by atoms with E-state index in [1.165, 1.54) is 0 Å². The Balaban J connectivity index is 1.28. The SMILES string of the molecule is COc1ccc2[nH]cc(C[C@H](N)COc3cncc(-c4ccc5n[nH]c(C)c5c4)c3)c2c1. The van der Waals surface area contributed by atoms with Crippen molar-refractivity contribution in [2.75, 3.05) is 13.7 Å². The molecule has 5 rings (SSSR count). The third-order valence-electron chi connectivity index (χ3n) is 5.71. The van der Waals surface area contributed by atoms with Crippen LogP contribution in [0.2, 0.25) is 0 Å². The molecule has 4 N–H and O–H groups in total. The molecule has 0 aliphatic heterocycles. The fourth-order valence-electron chi connectivity index (χ4n) is 3.97. The van der Waals surface area contributed by atoms with Crippen molar-refractivity contribution in [2.24, 2.45) is 5.73 Å². The van der Waals surface area contributed by atoms with Gasteiger partial charge in [0.15, 0.2) is 0 Å². The third kappa shape index (κ3) is 3.90. The molecule has 0 aliphatic carbocycles. The Kier molecular flexibility index (Phi) is 5.25. The van der Waals surface area contributed by atoms with Crippen molar-refractivity contribution in [3.05, 3.63) is 72.3 Å². The highest BCUT2D eigenvalue weighted by Crippen LogP contribution is 2.27. The summed E-state index contributed by atoms with van der Waals surface area (Å²) in [6.45, 7) is 2.41. The topological polar surface area (TPSA) is 102 Å². The zero-order valence-corrected chi connectivity index (χ0v) is 18.1. The summed E-state index contributed by atoms with van der Waals surface area (Å²) in [5.74, 6) is 1.53. The first-order valence-corrected chi connectivity index (χ1v) is 10.5. The van der Waals surface area contributed by atoms with Gasteiger partial charge in [0.05, 0.1) is 18.8 Å². The molecule has 0 amide bonds. The maximum absolute atomic E-state index is 6.39. The van der Waals surface area contributed by atoms with E-state index in [0.29, 0.717) is 18.8 Å². The van der Waals surface area contributed by atoms with Crippen LogP contribution in [0.15, 0.2) is 61.1 Å². The highest BCUT2D eigenvalue weighted by molar-refractivity contribution is 5.86. The maximum Gasteiger partial charge on any atom is 0.138 e. The van der Waals surface area contributed by atoms with E-state index in [4.69, 9.17) is 15.2 Å². The van der Waals surface area contributed by atoms with E-state index in [2.05, 4.69) is 26.2 Å². The van der Waals surface area contributed by atoms with Crippen LogP contribution in [0.25, 0.3) is 32.9 Å². The first kappa shape index (κ1) is 20.1. The Labute approximate surface area is 185 Å². The summed E-state index contributed by atoms with van der Waals surface area (Å²) >= 11 is 0. The van der Waals surface area contributed by atoms with E-state index in [0.717, 1.165) is 49.9 Å². The lowest BCUT2D eigenvalue weighted by atomic mass is 10.0. The van der Waals surface area contributed by atoms with Crippen LogP contribution in [-0.4, -0.2) is 39.9 Å². The molecule has 3 heterocycles. The van der Waals surface area contributed by atoms with E-state index in [-0.39, 0.29) is 6.04 Å². The first-order chi connectivity index (χ1) is 15.6. The van der Waals surface area contributed by atoms with Crippen LogP contribution in [0.4, 0.5) is 0 Å². The molecule has 0 bridgehead atoms. The minimum Gasteiger partial charge on any atom is -0.497 e. The van der Waals surface area contributed by atoms with Gasteiger partial charge in [-0.1, -0.05) is 6.07 Å². The van der Waals surface area contributed by atoms with Gasteiger partial charge in [-0.2, -0.15) is 5.10 Å². The van der Waals surface area contributed by atoms with E-state index in [1.54, 1.807) is 13.3 Å². The van der Waals surface area contributed by atoms with Gasteiger partial charge in [0.25, 0.3) is 0 Å². The number of rotatable bonds is 7. The lowest BCUT2D eigenvalue weighted by molar-refractivity contribution is 0.287. The van der Waals surface area contributed by atoms with Crippen molar-refractivity contribution in [1.29, 1.82) is 0 Å². The van der Waals surface area contributed by atoms with Crippen molar-refractivity contribution in [1.82, 2.24) is 20.2 Å². The van der Waals surface area contributed by atoms with Gasteiger partial charge in [0.2, 0.25) is 0 Å². The average molecular weight is 428 g/mol. The van der Waals surface area contributed by atoms with Crippen LogP contribution in [-0.2, 0) is 6.42 Å². The Morgan fingerprint density at radius 2 is 1.91 bits per heavy atom. The second-order valence-corrected chi connectivity index (χ2v) is 7.99. The minimum atomic E-state index is -0.159. The predicted molar refractivity (Wildman–Crippen MR) is 126 cm³/mol. The molecule has 7 heteroatoms. The Morgan fingerprint density at radius 1 is 1.00 bits per heavy atom. The molecule has 1 atom stereocenters. The van der Waals surface area contributed by atoms with Crippen molar-refractivity contribution in [3.8, 4) is 22.6 Å². The molecule has 0 saturated carbocycles. The summed E-state index contributed by atoms with van der Waals surface area (Å²) in [4.78, 5) is 7.65. The lowest BCUT2D eigenvalue weighted by Crippen LogP contribution is -2.30. The van der Waals surface area contributed by atoms with Crippen molar-refractivity contribution in [3.63, 3.8) is 0 Å². The van der Waals surface area contributed by atoms with Crippen LogP contribution in [0.1, 0.15) is 11.3 Å². The molecule has 7 nitrogen and oxygen atoms in total. The Hall–Kier alpha value is -3.84. The van der Waals surface area contributed by atoms with Crippen LogP contribution >= 0.6 is 0 Å². The number of aryl methyl sites for hydroxylation is 1. The summed E-state index contributed by atoms with van der Waals surface area (Å²) in [5.41, 5.74) is 12.6. The van der Waals surface area contributed by atoms with Crippen LogP contribution in [0.3, 0.4) is 0 Å². The smallest absolute Gasteiger partial charge is 0.138 e. The Morgan fingerprint density at radius 3 is 2.78 bits per heavy atom. The molecule has 32 heavy (non-hydrogen) atoms. The highest BCUT2D eigenvalue weighted by atomic mass is 16.5. The fourth-order valence-corrected chi connectivity index (χ4v) is 3.97. The van der Waals surface area contributed by atoms with Crippen molar-refractivity contribution >= 4 is 21.8 Å². The summed E-state index contributed by atoms with van der Waals surface area (Å²) in [6, 6.07) is 14.0. The second-order valence-electron chi connectivity index (χ2n) is 7.99. The molecule has 162 valence electrons. The molecule has 3 aromatic heterocycles. The summed E-state index contributed by atoms with van der Waals surface area (Å²) in [6.07, 6.45) is 6.24. The molecular weight excluding hydrogens is 402 g/mol. The van der Waals surface area contributed by atoms with Gasteiger partial charge >= 0.3 is 0 Å². The first-order valence-electron chi connectivity index (χ1n) is 10.5. The van der Waals surface area contributed by atoms with Gasteiger partial charge in [-0.3, -0.25) is 10.1 Å². The van der Waals surface area contributed by atoms with Gasteiger partial charge < -0.3 is 20.2 Å². The molecule has 5 aromatic rings. The van der Waals surface area contributed by atoms with E-state index in [9.17, 15) is 0 Å². The van der Waals surface area contributed by atoms with Crippen molar-refractivity contribution in [2.45, 2.75) is 19.4 Å². The standard InChI is InChI=1S/C25H25N5O2/c1-15-22-9-16(3-5-25(22)30-29-15)17-8-21(13-27-11-17)32-14-19(26)7-18-12-28-24-6-4-20(31-2)10-23(18)24/h3-6,8-13,19,28H,7,14,26H2,1-2H3,(H,29,30)/t19-/m0/s1. The molecule has 0 aliphatic rings. The summed E-state index contributed by atoms with van der Waals surface area (Å²) in [5, 5.41) is 9.53. The van der Waals surface area contributed by atoms with E-state index >= 15 is 0 Å². The zero-order valence-electron chi connectivity index (χ0n) is 18.1. The van der Waals surface area contributed by atoms with Crippen LogP contribution in [0.5, 0.6) is 11.5 Å². The molecule has 0 spiro atoms. The van der Waals surface area contributed by atoms with Gasteiger partial charge in [0.1, 0.15) is 18.1 Å². The number of aromatic nitrogens is 4. The predicted octanol–water partition coefficient (Wildman–Crippen LogP) is 4.37. The Bertz CT molecular complexity index is 1390. The zero-order chi connectivity index (χ0) is 22.1. The van der Waals surface area contributed by atoms with E-state index < -0.39 is 0 Å². The normalized spacial score (nSPS) is 12.3. The van der Waals surface area contributed by atoms with Gasteiger partial charge in [0, 0.05) is 46.0 Å². The second kappa shape index (κ2) is 8.36. The average Bonchev–Trinajstić information content (AvgIpc) is 3.40. The maximum atomic E-state index is 6.39. The number of fused-ring (bicyclic) bond motifs is 2. The molecular formula is C25H25N5O2. The summed E-state index contributed by atoms with van der Waals surface area (Å²) < 4.78 is 11.3. The number of nitrogens with two attached hydrogens (primary N) is 1. The molecule has 0 fully saturated rings. The lowest BCUT2D eigenvalue weighted by Gasteiger charge is -2.13. The number of H-pyrrole nitrogens is 2. The quantitative estimate of drug-likeness (QED) is 0.358. The number of methoxy groups -OCH3 is 1. The molecule has 0 saturated heterocycles. The number of aromatic amines is 2. The number of hydrogen-bond acceptors (Lipinski definition) is 5. The highest BCUT2D eigenvalue weighted by Gasteiger charge is 2.12. The van der Waals surface area contributed by atoms with Gasteiger partial charge in [-0.25, -0.2) is 0 Å². The number of ether oxygens (including phenoxy) is 2. The van der Waals surface area contributed by atoms with Crippen LogP contribution < -0.4 is 15.2 Å².